The Morgan fingerprint density at radius 3 is 3.00 bits per heavy atom. The highest BCUT2D eigenvalue weighted by Crippen LogP contribution is 2.19. The topological polar surface area (TPSA) is 30.9 Å². The first-order valence-electron chi connectivity index (χ1n) is 4.35. The second-order valence-corrected chi connectivity index (χ2v) is 3.29. The minimum atomic E-state index is 0.744. The summed E-state index contributed by atoms with van der Waals surface area (Å²) >= 11 is 0. The second kappa shape index (κ2) is 2.88. The molecule has 2 heterocycles. The van der Waals surface area contributed by atoms with Crippen LogP contribution in [0.3, 0.4) is 0 Å². The van der Waals surface area contributed by atoms with E-state index in [0.29, 0.717) is 0 Å². The summed E-state index contributed by atoms with van der Waals surface area (Å²) in [6.07, 6.45) is 4.16. The molecule has 2 aliphatic rings. The summed E-state index contributed by atoms with van der Waals surface area (Å²) in [5.74, 6) is 1.06. The van der Waals surface area contributed by atoms with E-state index in [1.54, 1.807) is 0 Å². The highest BCUT2D eigenvalue weighted by Gasteiger charge is 2.24. The maximum absolute atomic E-state index is 4.42. The van der Waals surface area contributed by atoms with E-state index in [4.69, 9.17) is 0 Å². The summed E-state index contributed by atoms with van der Waals surface area (Å²) in [4.78, 5) is 4.42. The molecular weight excluding hydrogens is 164 g/mol. The second-order valence-electron chi connectivity index (χ2n) is 3.29. The third-order valence-electron chi connectivity index (χ3n) is 2.28. The molecule has 0 bridgehead atoms. The summed E-state index contributed by atoms with van der Waals surface area (Å²) in [6.45, 7) is 2.82. The van der Waals surface area contributed by atoms with Gasteiger partial charge in [-0.2, -0.15) is 5.01 Å². The zero-order valence-corrected chi connectivity index (χ0v) is 8.20. The van der Waals surface area contributed by atoms with Gasteiger partial charge >= 0.3 is 0 Å². The average Bonchev–Trinajstić information content (AvgIpc) is 2.48. The van der Waals surface area contributed by atoms with Crippen molar-refractivity contribution < 1.29 is 0 Å². The van der Waals surface area contributed by atoms with Crippen LogP contribution < -0.4 is 5.32 Å². The van der Waals surface area contributed by atoms with Crippen LogP contribution in [0.2, 0.25) is 0 Å². The SMILES string of the molecule is CNC1=CN2C(=NCN2C)C(C)=C1. The van der Waals surface area contributed by atoms with Crippen molar-refractivity contribution in [2.45, 2.75) is 6.92 Å². The molecule has 0 atom stereocenters. The van der Waals surface area contributed by atoms with Crippen LogP contribution in [0.25, 0.3) is 0 Å². The van der Waals surface area contributed by atoms with Gasteiger partial charge in [-0.25, -0.2) is 4.99 Å². The van der Waals surface area contributed by atoms with Gasteiger partial charge in [0.15, 0.2) is 0 Å². The van der Waals surface area contributed by atoms with Crippen LogP contribution >= 0.6 is 0 Å². The van der Waals surface area contributed by atoms with Gasteiger partial charge in [-0.3, -0.25) is 5.01 Å². The molecule has 0 aliphatic carbocycles. The van der Waals surface area contributed by atoms with Crippen molar-refractivity contribution in [2.75, 3.05) is 20.8 Å². The zero-order valence-electron chi connectivity index (χ0n) is 8.20. The molecule has 0 radical (unpaired) electrons. The Kier molecular flexibility index (Phi) is 1.84. The molecule has 0 saturated heterocycles. The Bertz CT molecular complexity index is 314. The lowest BCUT2D eigenvalue weighted by Gasteiger charge is -2.27. The van der Waals surface area contributed by atoms with Gasteiger partial charge in [0, 0.05) is 20.3 Å². The number of fused-ring (bicyclic) bond motifs is 1. The van der Waals surface area contributed by atoms with Crippen molar-refractivity contribution >= 4 is 5.84 Å². The highest BCUT2D eigenvalue weighted by atomic mass is 15.7. The van der Waals surface area contributed by atoms with Crippen LogP contribution in [-0.4, -0.2) is 36.6 Å². The lowest BCUT2D eigenvalue weighted by molar-refractivity contribution is 0.157. The monoisotopic (exact) mass is 178 g/mol. The molecule has 2 rings (SSSR count). The largest absolute Gasteiger partial charge is 0.387 e. The van der Waals surface area contributed by atoms with Gasteiger partial charge in [0.2, 0.25) is 0 Å². The molecule has 0 aromatic heterocycles. The van der Waals surface area contributed by atoms with E-state index < -0.39 is 0 Å². The highest BCUT2D eigenvalue weighted by molar-refractivity contribution is 6.00. The van der Waals surface area contributed by atoms with Gasteiger partial charge in [0.1, 0.15) is 12.5 Å². The first kappa shape index (κ1) is 8.31. The van der Waals surface area contributed by atoms with E-state index in [1.165, 1.54) is 5.57 Å². The van der Waals surface area contributed by atoms with Gasteiger partial charge in [0.05, 0.1) is 5.70 Å². The number of nitrogens with one attached hydrogen (secondary N) is 1. The Labute approximate surface area is 78.2 Å². The van der Waals surface area contributed by atoms with Crippen molar-refractivity contribution in [1.29, 1.82) is 0 Å². The third kappa shape index (κ3) is 1.23. The molecule has 4 nitrogen and oxygen atoms in total. The fourth-order valence-electron chi connectivity index (χ4n) is 1.54. The van der Waals surface area contributed by atoms with Gasteiger partial charge in [-0.15, -0.1) is 0 Å². The minimum absolute atomic E-state index is 0.744. The number of hydrogen-bond acceptors (Lipinski definition) is 4. The van der Waals surface area contributed by atoms with Crippen molar-refractivity contribution in [1.82, 2.24) is 15.3 Å². The van der Waals surface area contributed by atoms with Gasteiger partial charge < -0.3 is 5.32 Å². The maximum Gasteiger partial charge on any atom is 0.146 e. The van der Waals surface area contributed by atoms with Crippen molar-refractivity contribution in [3.63, 3.8) is 0 Å². The fraction of sp³-hybridized carbons (Fsp3) is 0.444. The van der Waals surface area contributed by atoms with Crippen LogP contribution in [0.4, 0.5) is 0 Å². The Hall–Kier alpha value is -1.29. The molecule has 70 valence electrons. The number of rotatable bonds is 1. The van der Waals surface area contributed by atoms with E-state index in [1.807, 2.05) is 14.1 Å². The van der Waals surface area contributed by atoms with E-state index in [9.17, 15) is 0 Å². The number of nitrogens with zero attached hydrogens (tertiary/aromatic N) is 3. The molecule has 2 aliphatic heterocycles. The number of hydrazine groups is 1. The molecular formula is C9H14N4. The summed E-state index contributed by atoms with van der Waals surface area (Å²) in [6, 6.07) is 0. The number of likely N-dealkylation sites (N-methyl/N-ethyl adjacent to an activating group) is 1. The summed E-state index contributed by atoms with van der Waals surface area (Å²) in [5.41, 5.74) is 2.32. The smallest absolute Gasteiger partial charge is 0.146 e. The van der Waals surface area contributed by atoms with Crippen molar-refractivity contribution in [3.8, 4) is 0 Å². The molecule has 0 saturated carbocycles. The Balaban J connectivity index is 2.34. The predicted molar refractivity (Wildman–Crippen MR) is 52.8 cm³/mol. The third-order valence-corrected chi connectivity index (χ3v) is 2.28. The normalized spacial score (nSPS) is 22.1. The van der Waals surface area contributed by atoms with E-state index in [-0.39, 0.29) is 0 Å². The molecule has 13 heavy (non-hydrogen) atoms. The first-order chi connectivity index (χ1) is 6.22. The predicted octanol–water partition coefficient (Wildman–Crippen LogP) is 0.525. The van der Waals surface area contributed by atoms with Gasteiger partial charge in [-0.05, 0) is 18.6 Å². The zero-order chi connectivity index (χ0) is 9.42. The van der Waals surface area contributed by atoms with E-state index >= 15 is 0 Å². The summed E-state index contributed by atoms with van der Waals surface area (Å²) < 4.78 is 0. The molecule has 0 aromatic carbocycles. The maximum atomic E-state index is 4.42. The molecule has 4 heteroatoms. The van der Waals surface area contributed by atoms with E-state index in [2.05, 4.69) is 39.5 Å². The first-order valence-corrected chi connectivity index (χ1v) is 4.35. The van der Waals surface area contributed by atoms with Gasteiger partial charge in [0.25, 0.3) is 0 Å². The Morgan fingerprint density at radius 2 is 2.31 bits per heavy atom. The molecule has 0 fully saturated rings. The number of amidine groups is 1. The van der Waals surface area contributed by atoms with Crippen molar-refractivity contribution in [3.05, 3.63) is 23.5 Å². The lowest BCUT2D eigenvalue weighted by Crippen LogP contribution is -2.37. The van der Waals surface area contributed by atoms with Crippen molar-refractivity contribution in [2.24, 2.45) is 4.99 Å². The standard InChI is InChI=1S/C9H14N4/c1-7-4-8(10-2)5-13-9(7)11-6-12(13)3/h4-5,10H,6H2,1-3H3. The number of aliphatic imine (C=N–C) groups is 1. The van der Waals surface area contributed by atoms with Gasteiger partial charge in [-0.1, -0.05) is 0 Å². The lowest BCUT2D eigenvalue weighted by atomic mass is 10.2. The molecule has 0 unspecified atom stereocenters. The van der Waals surface area contributed by atoms with Crippen LogP contribution in [0.1, 0.15) is 6.92 Å². The summed E-state index contributed by atoms with van der Waals surface area (Å²) in [5, 5.41) is 7.27. The molecule has 0 aromatic rings. The van der Waals surface area contributed by atoms with Crippen LogP contribution in [0.5, 0.6) is 0 Å². The minimum Gasteiger partial charge on any atom is -0.387 e. The number of allylic oxidation sites excluding steroid dienone is 1. The molecule has 0 amide bonds. The molecule has 0 spiro atoms. The fourth-order valence-corrected chi connectivity index (χ4v) is 1.54. The molecule has 1 N–H and O–H groups in total. The van der Waals surface area contributed by atoms with Crippen LogP contribution in [-0.2, 0) is 0 Å². The van der Waals surface area contributed by atoms with Crippen LogP contribution in [0.15, 0.2) is 28.5 Å². The number of hydrogen-bond donors (Lipinski definition) is 1. The quantitative estimate of drug-likeness (QED) is 0.635. The van der Waals surface area contributed by atoms with Crippen LogP contribution in [0, 0.1) is 0 Å². The average molecular weight is 178 g/mol. The van der Waals surface area contributed by atoms with E-state index in [0.717, 1.165) is 18.2 Å². The Morgan fingerprint density at radius 1 is 1.54 bits per heavy atom. The summed E-state index contributed by atoms with van der Waals surface area (Å²) in [7, 11) is 3.95.